The third kappa shape index (κ3) is 3.69. The van der Waals surface area contributed by atoms with E-state index >= 15 is 0 Å². The van der Waals surface area contributed by atoms with E-state index < -0.39 is 23.3 Å². The molecular formula is C26H18ClF3N6O2. The highest BCUT2D eigenvalue weighted by molar-refractivity contribution is 6.34. The highest BCUT2D eigenvalue weighted by atomic mass is 35.5. The summed E-state index contributed by atoms with van der Waals surface area (Å²) in [6, 6.07) is 11.1. The number of benzene rings is 2. The maximum atomic E-state index is 14.4. The second-order valence-electron chi connectivity index (χ2n) is 8.86. The zero-order valence-electron chi connectivity index (χ0n) is 19.7. The molecule has 1 aliphatic heterocycles. The van der Waals surface area contributed by atoms with Gasteiger partial charge in [-0.2, -0.15) is 23.4 Å². The number of anilines is 2. The minimum absolute atomic E-state index is 0.0833. The second kappa shape index (κ2) is 8.59. The normalized spacial score (nSPS) is 12.9. The first-order valence-corrected chi connectivity index (χ1v) is 12.1. The van der Waals surface area contributed by atoms with Crippen LogP contribution in [0.3, 0.4) is 0 Å². The van der Waals surface area contributed by atoms with Gasteiger partial charge < -0.3 is 10.6 Å². The van der Waals surface area contributed by atoms with Crippen molar-refractivity contribution in [3.05, 3.63) is 82.4 Å². The Labute approximate surface area is 218 Å². The summed E-state index contributed by atoms with van der Waals surface area (Å²) in [6.45, 7) is 2.01. The molecule has 0 aliphatic carbocycles. The Morgan fingerprint density at radius 1 is 1.13 bits per heavy atom. The van der Waals surface area contributed by atoms with Gasteiger partial charge in [0.15, 0.2) is 5.69 Å². The van der Waals surface area contributed by atoms with E-state index in [0.29, 0.717) is 37.2 Å². The third-order valence-electron chi connectivity index (χ3n) is 6.43. The SMILES string of the molecule is CCCc1cc(Cl)c2cc(NC(=O)c3cnn(-c4ccc5c6c(cccc46)C(=O)N5)c3C(F)(F)F)cnn12. The second-order valence-corrected chi connectivity index (χ2v) is 9.27. The summed E-state index contributed by atoms with van der Waals surface area (Å²) >= 11 is 6.32. The number of carbonyl (C=O) groups excluding carboxylic acids is 2. The van der Waals surface area contributed by atoms with E-state index in [2.05, 4.69) is 20.8 Å². The van der Waals surface area contributed by atoms with Crippen molar-refractivity contribution in [2.75, 3.05) is 10.6 Å². The van der Waals surface area contributed by atoms with Gasteiger partial charge in [0.05, 0.1) is 39.9 Å². The number of hydrogen-bond acceptors (Lipinski definition) is 4. The van der Waals surface area contributed by atoms with Crippen LogP contribution in [0, 0.1) is 0 Å². The molecule has 0 atom stereocenters. The average molecular weight is 539 g/mol. The van der Waals surface area contributed by atoms with Crippen LogP contribution in [-0.2, 0) is 12.6 Å². The van der Waals surface area contributed by atoms with Crippen LogP contribution < -0.4 is 10.6 Å². The predicted octanol–water partition coefficient (Wildman–Crippen LogP) is 6.12. The summed E-state index contributed by atoms with van der Waals surface area (Å²) in [5.74, 6) is -1.34. The van der Waals surface area contributed by atoms with Crippen molar-refractivity contribution >= 4 is 51.1 Å². The maximum absolute atomic E-state index is 14.4. The molecule has 2 amide bonds. The molecule has 0 unspecified atom stereocenters. The van der Waals surface area contributed by atoms with Crippen molar-refractivity contribution in [2.24, 2.45) is 0 Å². The first kappa shape index (κ1) is 24.0. The van der Waals surface area contributed by atoms with Crippen molar-refractivity contribution < 1.29 is 22.8 Å². The molecule has 3 aromatic heterocycles. The fourth-order valence-electron chi connectivity index (χ4n) is 4.84. The number of fused-ring (bicyclic) bond motifs is 1. The third-order valence-corrected chi connectivity index (χ3v) is 6.73. The van der Waals surface area contributed by atoms with Crippen LogP contribution in [0.1, 0.15) is 45.4 Å². The topological polar surface area (TPSA) is 93.3 Å². The van der Waals surface area contributed by atoms with Gasteiger partial charge in [-0.25, -0.2) is 9.20 Å². The van der Waals surface area contributed by atoms with Gasteiger partial charge in [-0.3, -0.25) is 9.59 Å². The smallest absolute Gasteiger partial charge is 0.321 e. The number of nitrogens with zero attached hydrogens (tertiary/aromatic N) is 4. The number of amides is 2. The number of alkyl halides is 3. The van der Waals surface area contributed by atoms with Gasteiger partial charge in [0.2, 0.25) is 0 Å². The standard InChI is InChI=1S/C26H18ClF3N6O2/c1-2-4-14-10-18(27)21-9-13(11-31-35(14)21)33-25(38)17-12-32-36(23(17)26(28,29)30)20-8-7-19-22-15(20)5-3-6-16(22)24(37)34-19/h3,5-12H,2,4H2,1H3,(H,33,38)(H,34,37). The Bertz CT molecular complexity index is 1790. The number of nitrogens with one attached hydrogen (secondary N) is 2. The number of aromatic nitrogens is 4. The molecule has 5 aromatic rings. The summed E-state index contributed by atoms with van der Waals surface area (Å²) < 4.78 is 45.4. The Hall–Kier alpha value is -4.38. The van der Waals surface area contributed by atoms with E-state index in [1.807, 2.05) is 6.92 Å². The van der Waals surface area contributed by atoms with E-state index in [9.17, 15) is 22.8 Å². The molecule has 0 spiro atoms. The van der Waals surface area contributed by atoms with Crippen LogP contribution in [0.5, 0.6) is 0 Å². The quantitative estimate of drug-likeness (QED) is 0.282. The summed E-state index contributed by atoms with van der Waals surface area (Å²) in [4.78, 5) is 25.3. The van der Waals surface area contributed by atoms with Crippen molar-refractivity contribution in [2.45, 2.75) is 25.9 Å². The fraction of sp³-hybridized carbons (Fsp3) is 0.154. The lowest BCUT2D eigenvalue weighted by atomic mass is 10.0. The molecular weight excluding hydrogens is 521 g/mol. The Morgan fingerprint density at radius 2 is 1.95 bits per heavy atom. The molecule has 0 saturated carbocycles. The molecule has 0 radical (unpaired) electrons. The summed E-state index contributed by atoms with van der Waals surface area (Å²) in [5.41, 5.74) is 0.616. The van der Waals surface area contributed by atoms with Gasteiger partial charge in [-0.05, 0) is 36.8 Å². The minimum Gasteiger partial charge on any atom is -0.321 e. The average Bonchev–Trinajstić information content (AvgIpc) is 3.55. The molecule has 2 aromatic carbocycles. The van der Waals surface area contributed by atoms with Crippen LogP contribution in [-0.4, -0.2) is 31.2 Å². The molecule has 4 heterocycles. The Balaban J connectivity index is 1.42. The van der Waals surface area contributed by atoms with E-state index in [1.165, 1.54) is 18.3 Å². The molecule has 192 valence electrons. The van der Waals surface area contributed by atoms with Crippen molar-refractivity contribution in [1.82, 2.24) is 19.4 Å². The molecule has 12 heteroatoms. The zero-order chi connectivity index (χ0) is 26.8. The zero-order valence-corrected chi connectivity index (χ0v) is 20.5. The summed E-state index contributed by atoms with van der Waals surface area (Å²) in [5, 5.41) is 14.7. The number of carbonyl (C=O) groups is 2. The molecule has 1 aliphatic rings. The van der Waals surface area contributed by atoms with Crippen LogP contribution in [0.15, 0.2) is 54.9 Å². The minimum atomic E-state index is -4.91. The van der Waals surface area contributed by atoms with Gasteiger partial charge >= 0.3 is 6.18 Å². The van der Waals surface area contributed by atoms with Crippen LogP contribution >= 0.6 is 11.6 Å². The van der Waals surface area contributed by atoms with Crippen molar-refractivity contribution in [1.29, 1.82) is 0 Å². The Kier molecular flexibility index (Phi) is 5.42. The predicted molar refractivity (Wildman–Crippen MR) is 136 cm³/mol. The van der Waals surface area contributed by atoms with Gasteiger partial charge in [0.25, 0.3) is 11.8 Å². The fourth-order valence-corrected chi connectivity index (χ4v) is 5.10. The monoisotopic (exact) mass is 538 g/mol. The molecule has 6 rings (SSSR count). The lowest BCUT2D eigenvalue weighted by molar-refractivity contribution is -0.143. The maximum Gasteiger partial charge on any atom is 0.434 e. The van der Waals surface area contributed by atoms with E-state index in [0.717, 1.165) is 24.7 Å². The highest BCUT2D eigenvalue weighted by Gasteiger charge is 2.41. The first-order valence-electron chi connectivity index (χ1n) is 11.7. The number of rotatable bonds is 5. The number of hydrogen-bond donors (Lipinski definition) is 2. The lowest BCUT2D eigenvalue weighted by Crippen LogP contribution is -2.21. The van der Waals surface area contributed by atoms with Gasteiger partial charge in [-0.15, -0.1) is 0 Å². The molecule has 0 saturated heterocycles. The molecule has 2 N–H and O–H groups in total. The number of halogens is 4. The van der Waals surface area contributed by atoms with Crippen LogP contribution in [0.4, 0.5) is 24.5 Å². The Morgan fingerprint density at radius 3 is 2.71 bits per heavy atom. The van der Waals surface area contributed by atoms with Crippen molar-refractivity contribution in [3.8, 4) is 5.69 Å². The van der Waals surface area contributed by atoms with E-state index in [1.54, 1.807) is 34.8 Å². The highest BCUT2D eigenvalue weighted by Crippen LogP contribution is 2.39. The van der Waals surface area contributed by atoms with Crippen LogP contribution in [0.2, 0.25) is 5.02 Å². The van der Waals surface area contributed by atoms with Gasteiger partial charge in [-0.1, -0.05) is 37.1 Å². The van der Waals surface area contributed by atoms with Gasteiger partial charge in [0.1, 0.15) is 0 Å². The van der Waals surface area contributed by atoms with Crippen LogP contribution in [0.25, 0.3) is 22.0 Å². The molecule has 38 heavy (non-hydrogen) atoms. The van der Waals surface area contributed by atoms with Gasteiger partial charge in [0, 0.05) is 27.7 Å². The molecule has 0 fully saturated rings. The first-order chi connectivity index (χ1) is 18.2. The largest absolute Gasteiger partial charge is 0.434 e. The molecule has 0 bridgehead atoms. The van der Waals surface area contributed by atoms with E-state index in [-0.39, 0.29) is 17.3 Å². The van der Waals surface area contributed by atoms with Crippen molar-refractivity contribution in [3.63, 3.8) is 0 Å². The summed E-state index contributed by atoms with van der Waals surface area (Å²) in [6.07, 6.45) is -1.07. The summed E-state index contributed by atoms with van der Waals surface area (Å²) in [7, 11) is 0. The van der Waals surface area contributed by atoms with E-state index in [4.69, 9.17) is 11.6 Å². The molecule has 8 nitrogen and oxygen atoms in total. The lowest BCUT2D eigenvalue weighted by Gasteiger charge is -2.15. The number of aryl methyl sites for hydroxylation is 1.